The molecule has 0 fully saturated rings. The van der Waals surface area contributed by atoms with Crippen molar-refractivity contribution in [2.45, 2.75) is 33.7 Å². The van der Waals surface area contributed by atoms with Crippen LogP contribution in [0.15, 0.2) is 12.3 Å². The van der Waals surface area contributed by atoms with Crippen LogP contribution in [0.3, 0.4) is 0 Å². The van der Waals surface area contributed by atoms with E-state index in [1.807, 2.05) is 29.6 Å². The first-order chi connectivity index (χ1) is 7.54. The van der Waals surface area contributed by atoms with Gasteiger partial charge in [-0.25, -0.2) is 0 Å². The quantitative estimate of drug-likeness (QED) is 0.763. The summed E-state index contributed by atoms with van der Waals surface area (Å²) in [5.41, 5.74) is 1.07. The van der Waals surface area contributed by atoms with Crippen molar-refractivity contribution in [2.24, 2.45) is 13.0 Å². The van der Waals surface area contributed by atoms with Crippen molar-refractivity contribution in [1.82, 2.24) is 14.7 Å². The maximum absolute atomic E-state index is 11.8. The molecule has 0 aliphatic carbocycles. The Morgan fingerprint density at radius 1 is 1.56 bits per heavy atom. The highest BCUT2D eigenvalue weighted by atomic mass is 16.2. The molecular weight excluding hydrogens is 202 g/mol. The molecule has 0 radical (unpaired) electrons. The summed E-state index contributed by atoms with van der Waals surface area (Å²) in [7, 11) is 1.90. The molecule has 0 aromatic carbocycles. The predicted molar refractivity (Wildman–Crippen MR) is 63.8 cm³/mol. The van der Waals surface area contributed by atoms with Gasteiger partial charge in [-0.3, -0.25) is 9.48 Å². The number of aryl methyl sites for hydroxylation is 1. The van der Waals surface area contributed by atoms with Gasteiger partial charge < -0.3 is 4.90 Å². The zero-order chi connectivity index (χ0) is 12.1. The first kappa shape index (κ1) is 12.7. The lowest BCUT2D eigenvalue weighted by atomic mass is 10.2. The van der Waals surface area contributed by atoms with Gasteiger partial charge >= 0.3 is 0 Å². The van der Waals surface area contributed by atoms with Crippen molar-refractivity contribution in [3.05, 3.63) is 18.0 Å². The van der Waals surface area contributed by atoms with Crippen molar-refractivity contribution < 1.29 is 4.79 Å². The van der Waals surface area contributed by atoms with Crippen LogP contribution in [0.4, 0.5) is 0 Å². The van der Waals surface area contributed by atoms with E-state index in [4.69, 9.17) is 0 Å². The van der Waals surface area contributed by atoms with Crippen molar-refractivity contribution in [1.29, 1.82) is 0 Å². The van der Waals surface area contributed by atoms with Gasteiger partial charge in [0, 0.05) is 26.2 Å². The highest BCUT2D eigenvalue weighted by Crippen LogP contribution is 2.08. The fourth-order valence-electron chi connectivity index (χ4n) is 1.67. The smallest absolute Gasteiger partial charge is 0.222 e. The van der Waals surface area contributed by atoms with Gasteiger partial charge in [0.1, 0.15) is 0 Å². The van der Waals surface area contributed by atoms with Crippen LogP contribution in [0.1, 0.15) is 32.9 Å². The second kappa shape index (κ2) is 5.68. The minimum Gasteiger partial charge on any atom is -0.337 e. The van der Waals surface area contributed by atoms with Gasteiger partial charge in [0.2, 0.25) is 5.91 Å². The third kappa shape index (κ3) is 3.36. The van der Waals surface area contributed by atoms with Crippen molar-refractivity contribution in [2.75, 3.05) is 6.54 Å². The Balaban J connectivity index is 2.70. The average molecular weight is 223 g/mol. The van der Waals surface area contributed by atoms with Gasteiger partial charge in [0.15, 0.2) is 0 Å². The van der Waals surface area contributed by atoms with Crippen LogP contribution in [0.2, 0.25) is 0 Å². The lowest BCUT2D eigenvalue weighted by Gasteiger charge is -2.24. The first-order valence-electron chi connectivity index (χ1n) is 5.79. The van der Waals surface area contributed by atoms with E-state index in [0.29, 0.717) is 18.9 Å². The third-order valence-corrected chi connectivity index (χ3v) is 2.52. The summed E-state index contributed by atoms with van der Waals surface area (Å²) in [4.78, 5) is 13.7. The number of carbonyl (C=O) groups excluding carboxylic acids is 1. The zero-order valence-electron chi connectivity index (χ0n) is 10.6. The van der Waals surface area contributed by atoms with Crippen molar-refractivity contribution in [3.8, 4) is 0 Å². The Morgan fingerprint density at radius 2 is 2.25 bits per heavy atom. The number of aromatic nitrogens is 2. The molecule has 0 saturated heterocycles. The molecule has 1 aromatic heterocycles. The Morgan fingerprint density at radius 3 is 2.69 bits per heavy atom. The molecule has 0 atom stereocenters. The lowest BCUT2D eigenvalue weighted by Crippen LogP contribution is -2.33. The summed E-state index contributed by atoms with van der Waals surface area (Å²) in [5.74, 6) is 0.693. The fourth-order valence-corrected chi connectivity index (χ4v) is 1.67. The molecule has 0 aliphatic rings. The molecule has 4 heteroatoms. The topological polar surface area (TPSA) is 38.1 Å². The molecule has 0 aliphatic heterocycles. The molecule has 0 bridgehead atoms. The second-order valence-corrected chi connectivity index (χ2v) is 4.47. The molecule has 4 nitrogen and oxygen atoms in total. The third-order valence-electron chi connectivity index (χ3n) is 2.52. The molecule has 16 heavy (non-hydrogen) atoms. The van der Waals surface area contributed by atoms with E-state index in [1.54, 1.807) is 6.20 Å². The maximum Gasteiger partial charge on any atom is 0.222 e. The van der Waals surface area contributed by atoms with Crippen molar-refractivity contribution in [3.63, 3.8) is 0 Å². The summed E-state index contributed by atoms with van der Waals surface area (Å²) in [6, 6.07) is 1.95. The number of rotatable bonds is 5. The number of hydrogen-bond acceptors (Lipinski definition) is 2. The molecule has 90 valence electrons. The SMILES string of the molecule is CCC(=O)N(Cc1ccnn1C)CC(C)C. The highest BCUT2D eigenvalue weighted by Gasteiger charge is 2.14. The molecule has 0 N–H and O–H groups in total. The van der Waals surface area contributed by atoms with Gasteiger partial charge in [-0.15, -0.1) is 0 Å². The number of amides is 1. The van der Waals surface area contributed by atoms with Crippen LogP contribution in [0.5, 0.6) is 0 Å². The van der Waals surface area contributed by atoms with E-state index in [-0.39, 0.29) is 5.91 Å². The summed E-state index contributed by atoms with van der Waals surface area (Å²) >= 11 is 0. The summed E-state index contributed by atoms with van der Waals surface area (Å²) in [6.07, 6.45) is 2.32. The molecule has 1 aromatic rings. The molecule has 1 amide bonds. The minimum atomic E-state index is 0.204. The Labute approximate surface area is 97.2 Å². The maximum atomic E-state index is 11.8. The van der Waals surface area contributed by atoms with E-state index < -0.39 is 0 Å². The van der Waals surface area contributed by atoms with Crippen LogP contribution >= 0.6 is 0 Å². The van der Waals surface area contributed by atoms with Crippen LogP contribution in [0.25, 0.3) is 0 Å². The number of carbonyl (C=O) groups is 1. The number of hydrogen-bond donors (Lipinski definition) is 0. The van der Waals surface area contributed by atoms with Gasteiger partial charge in [-0.2, -0.15) is 5.10 Å². The Bertz CT molecular complexity index is 344. The van der Waals surface area contributed by atoms with E-state index in [2.05, 4.69) is 18.9 Å². The summed E-state index contributed by atoms with van der Waals surface area (Å²) in [6.45, 7) is 7.61. The van der Waals surface area contributed by atoms with Crippen LogP contribution in [-0.4, -0.2) is 27.1 Å². The molecule has 0 unspecified atom stereocenters. The van der Waals surface area contributed by atoms with Crippen LogP contribution in [0, 0.1) is 5.92 Å². The Hall–Kier alpha value is -1.32. The van der Waals surface area contributed by atoms with Gasteiger partial charge in [-0.05, 0) is 12.0 Å². The van der Waals surface area contributed by atoms with E-state index in [0.717, 1.165) is 12.2 Å². The molecular formula is C12H21N3O. The fraction of sp³-hybridized carbons (Fsp3) is 0.667. The van der Waals surface area contributed by atoms with Gasteiger partial charge in [0.25, 0.3) is 0 Å². The number of nitrogens with zero attached hydrogens (tertiary/aromatic N) is 3. The molecule has 0 spiro atoms. The van der Waals surface area contributed by atoms with E-state index >= 15 is 0 Å². The normalized spacial score (nSPS) is 10.8. The van der Waals surface area contributed by atoms with E-state index in [1.165, 1.54) is 0 Å². The molecule has 1 heterocycles. The summed E-state index contributed by atoms with van der Waals surface area (Å²) < 4.78 is 1.82. The molecule has 0 saturated carbocycles. The van der Waals surface area contributed by atoms with Crippen LogP contribution < -0.4 is 0 Å². The van der Waals surface area contributed by atoms with Crippen LogP contribution in [-0.2, 0) is 18.4 Å². The Kier molecular flexibility index (Phi) is 4.52. The molecule has 1 rings (SSSR count). The lowest BCUT2D eigenvalue weighted by molar-refractivity contribution is -0.132. The highest BCUT2D eigenvalue weighted by molar-refractivity contribution is 5.75. The second-order valence-electron chi connectivity index (χ2n) is 4.47. The van der Waals surface area contributed by atoms with Crippen molar-refractivity contribution >= 4 is 5.91 Å². The monoisotopic (exact) mass is 223 g/mol. The average Bonchev–Trinajstić information content (AvgIpc) is 2.61. The van der Waals surface area contributed by atoms with E-state index in [9.17, 15) is 4.79 Å². The standard InChI is InChI=1S/C12H21N3O/c1-5-12(16)15(8-10(2)3)9-11-6-7-13-14(11)4/h6-7,10H,5,8-9H2,1-4H3. The zero-order valence-corrected chi connectivity index (χ0v) is 10.6. The minimum absolute atomic E-state index is 0.204. The predicted octanol–water partition coefficient (Wildman–Crippen LogP) is 1.81. The first-order valence-corrected chi connectivity index (χ1v) is 5.79. The van der Waals surface area contributed by atoms with Gasteiger partial charge in [0.05, 0.1) is 12.2 Å². The summed E-state index contributed by atoms with van der Waals surface area (Å²) in [5, 5.41) is 4.11. The largest absolute Gasteiger partial charge is 0.337 e. The van der Waals surface area contributed by atoms with Gasteiger partial charge in [-0.1, -0.05) is 20.8 Å².